The van der Waals surface area contributed by atoms with Crippen molar-refractivity contribution in [2.45, 2.75) is 64.2 Å². The van der Waals surface area contributed by atoms with Gasteiger partial charge >= 0.3 is 0 Å². The first kappa shape index (κ1) is 32.0. The second-order valence-corrected chi connectivity index (χ2v) is 13.4. The number of rotatable bonds is 7. The number of benzene rings is 3. The summed E-state index contributed by atoms with van der Waals surface area (Å²) >= 11 is 0. The van der Waals surface area contributed by atoms with Crippen molar-refractivity contribution < 1.29 is 33.3 Å². The van der Waals surface area contributed by atoms with Crippen molar-refractivity contribution in [1.29, 1.82) is 0 Å². The lowest BCUT2D eigenvalue weighted by Crippen LogP contribution is -2.57. The van der Waals surface area contributed by atoms with Crippen LogP contribution in [0.2, 0.25) is 0 Å². The summed E-state index contributed by atoms with van der Waals surface area (Å²) in [7, 11) is 1.62. The zero-order valence-corrected chi connectivity index (χ0v) is 27.8. The van der Waals surface area contributed by atoms with Crippen LogP contribution in [0.4, 0.5) is 5.69 Å². The van der Waals surface area contributed by atoms with E-state index in [0.29, 0.717) is 35.9 Å². The van der Waals surface area contributed by atoms with E-state index < -0.39 is 18.1 Å². The normalized spacial score (nSPS) is 22.2. The summed E-state index contributed by atoms with van der Waals surface area (Å²) in [4.78, 5) is 49.0. The molecule has 3 heterocycles. The first-order valence-corrected chi connectivity index (χ1v) is 17.0. The molecule has 0 radical (unpaired) electrons. The van der Waals surface area contributed by atoms with Gasteiger partial charge in [0.25, 0.3) is 5.91 Å². The van der Waals surface area contributed by atoms with E-state index in [1.54, 1.807) is 12.0 Å². The van der Waals surface area contributed by atoms with Gasteiger partial charge < -0.3 is 33.6 Å². The van der Waals surface area contributed by atoms with E-state index in [2.05, 4.69) is 0 Å². The molecule has 3 aliphatic heterocycles. The molecule has 0 aromatic heterocycles. The molecule has 48 heavy (non-hydrogen) atoms. The third-order valence-electron chi connectivity index (χ3n) is 9.82. The monoisotopic (exact) mass is 653 g/mol. The zero-order chi connectivity index (χ0) is 33.4. The molecule has 3 aromatic rings. The minimum atomic E-state index is -0.671. The van der Waals surface area contributed by atoms with Gasteiger partial charge in [0.2, 0.25) is 18.6 Å². The molecule has 252 valence electrons. The Hall–Kier alpha value is -4.57. The second-order valence-electron chi connectivity index (χ2n) is 13.4. The summed E-state index contributed by atoms with van der Waals surface area (Å²) < 4.78 is 23.4. The van der Waals surface area contributed by atoms with Crippen LogP contribution in [-0.4, -0.2) is 73.3 Å². The first-order valence-electron chi connectivity index (χ1n) is 17.0. The van der Waals surface area contributed by atoms with Crippen LogP contribution in [0.3, 0.4) is 0 Å². The van der Waals surface area contributed by atoms with Crippen molar-refractivity contribution in [2.75, 3.05) is 38.6 Å². The summed E-state index contributed by atoms with van der Waals surface area (Å²) in [5.41, 5.74) is 2.87. The number of ether oxygens (including phenoxy) is 4. The average Bonchev–Trinajstić information content (AvgIpc) is 3.78. The third kappa shape index (κ3) is 6.09. The number of anilines is 1. The van der Waals surface area contributed by atoms with Crippen LogP contribution < -0.4 is 19.1 Å². The number of carbonyl (C=O) groups excluding carboxylic acids is 3. The minimum Gasteiger partial charge on any atom is -0.497 e. The molecule has 10 nitrogen and oxygen atoms in total. The van der Waals surface area contributed by atoms with Gasteiger partial charge in [0, 0.05) is 42.8 Å². The van der Waals surface area contributed by atoms with Gasteiger partial charge in [0.1, 0.15) is 11.8 Å². The molecule has 2 fully saturated rings. The summed E-state index contributed by atoms with van der Waals surface area (Å²) in [5, 5.41) is 0. The van der Waals surface area contributed by atoms with Gasteiger partial charge in [-0.1, -0.05) is 44.2 Å². The van der Waals surface area contributed by atoms with E-state index in [9.17, 15) is 9.59 Å². The van der Waals surface area contributed by atoms with E-state index in [1.165, 1.54) is 0 Å². The molecular formula is C38H43N3O7. The SMILES string of the molecule is COc1ccc(CN(C(=O)c2ccccc2)[C@H]2c3cc4c(cc3N3C(=O)C(C(C)C)N(C(=O)C5CC5)CCCCOC[C@H]23)OCO4)cc1. The van der Waals surface area contributed by atoms with Gasteiger partial charge in [-0.15, -0.1) is 0 Å². The van der Waals surface area contributed by atoms with Gasteiger partial charge in [-0.3, -0.25) is 14.4 Å². The van der Waals surface area contributed by atoms with Crippen LogP contribution in [-0.2, 0) is 20.9 Å². The molecule has 1 unspecified atom stereocenters. The number of amides is 3. The summed E-state index contributed by atoms with van der Waals surface area (Å²) in [6, 6.07) is 18.8. The van der Waals surface area contributed by atoms with E-state index in [0.717, 1.165) is 42.6 Å². The smallest absolute Gasteiger partial charge is 0.254 e. The van der Waals surface area contributed by atoms with Crippen LogP contribution >= 0.6 is 0 Å². The highest BCUT2D eigenvalue weighted by atomic mass is 16.7. The van der Waals surface area contributed by atoms with E-state index >= 15 is 4.79 Å². The highest BCUT2D eigenvalue weighted by molar-refractivity contribution is 6.03. The molecule has 3 amide bonds. The average molecular weight is 654 g/mol. The number of fused-ring (bicyclic) bond motifs is 4. The van der Waals surface area contributed by atoms with Crippen molar-refractivity contribution in [1.82, 2.24) is 9.80 Å². The highest BCUT2D eigenvalue weighted by Gasteiger charge is 2.51. The van der Waals surface area contributed by atoms with Crippen molar-refractivity contribution in [3.63, 3.8) is 0 Å². The summed E-state index contributed by atoms with van der Waals surface area (Å²) in [6.07, 6.45) is 3.22. The molecule has 4 aliphatic rings. The minimum absolute atomic E-state index is 0.0212. The van der Waals surface area contributed by atoms with Crippen molar-refractivity contribution >= 4 is 23.4 Å². The molecule has 0 N–H and O–H groups in total. The Kier molecular flexibility index (Phi) is 9.00. The Balaban J connectivity index is 1.38. The highest BCUT2D eigenvalue weighted by Crippen LogP contribution is 2.50. The Morgan fingerprint density at radius 1 is 0.979 bits per heavy atom. The summed E-state index contributed by atoms with van der Waals surface area (Å²) in [5.74, 6) is 1.38. The van der Waals surface area contributed by atoms with Crippen molar-refractivity contribution in [3.8, 4) is 17.2 Å². The van der Waals surface area contributed by atoms with Crippen LogP contribution in [0.5, 0.6) is 17.2 Å². The predicted molar refractivity (Wildman–Crippen MR) is 179 cm³/mol. The molecule has 0 spiro atoms. The van der Waals surface area contributed by atoms with Crippen LogP contribution in [0.15, 0.2) is 66.7 Å². The Morgan fingerprint density at radius 2 is 1.71 bits per heavy atom. The van der Waals surface area contributed by atoms with Crippen LogP contribution in [0.1, 0.15) is 67.1 Å². The molecule has 0 bridgehead atoms. The fourth-order valence-electron chi connectivity index (χ4n) is 7.28. The van der Waals surface area contributed by atoms with Crippen molar-refractivity contribution in [2.24, 2.45) is 11.8 Å². The maximum atomic E-state index is 15.1. The van der Waals surface area contributed by atoms with Gasteiger partial charge in [-0.2, -0.15) is 0 Å². The Morgan fingerprint density at radius 3 is 2.40 bits per heavy atom. The molecule has 1 aliphatic carbocycles. The lowest BCUT2D eigenvalue weighted by atomic mass is 9.97. The zero-order valence-electron chi connectivity index (χ0n) is 27.8. The largest absolute Gasteiger partial charge is 0.497 e. The van der Waals surface area contributed by atoms with Crippen molar-refractivity contribution in [3.05, 3.63) is 83.4 Å². The van der Waals surface area contributed by atoms with E-state index in [1.807, 2.05) is 90.4 Å². The fraction of sp³-hybridized carbons (Fsp3) is 0.447. The van der Waals surface area contributed by atoms with E-state index in [4.69, 9.17) is 18.9 Å². The van der Waals surface area contributed by atoms with Gasteiger partial charge in [-0.05, 0) is 67.5 Å². The lowest BCUT2D eigenvalue weighted by molar-refractivity contribution is -0.142. The number of hydrogen-bond donors (Lipinski definition) is 0. The second kappa shape index (κ2) is 13.5. The van der Waals surface area contributed by atoms with Crippen LogP contribution in [0, 0.1) is 11.8 Å². The quantitative estimate of drug-likeness (QED) is 0.328. The fourth-order valence-corrected chi connectivity index (χ4v) is 7.28. The topological polar surface area (TPSA) is 97.9 Å². The molecule has 3 aromatic carbocycles. The standard InChI is InChI=1S/C38H43N3O7/c1-24(2)34-38(44)41-30-20-33-32(47-23-48-33)19-29(30)35(31(41)22-46-18-8-7-17-39(34)36(42)27-13-14-27)40(37(43)26-9-5-4-6-10-26)21-25-11-15-28(45-3)16-12-25/h4-6,9-12,15-16,19-20,24,27,31,34-35H,7-8,13-14,17-18,21-23H2,1-3H3/t31-,34?,35+/m1/s1. The first-order chi connectivity index (χ1) is 23.4. The number of hydrogen-bond acceptors (Lipinski definition) is 7. The third-order valence-corrected chi connectivity index (χ3v) is 9.82. The van der Waals surface area contributed by atoms with Gasteiger partial charge in [-0.25, -0.2) is 0 Å². The predicted octanol–water partition coefficient (Wildman–Crippen LogP) is 5.60. The number of nitrogens with zero attached hydrogens (tertiary/aromatic N) is 3. The number of methoxy groups -OCH3 is 1. The maximum Gasteiger partial charge on any atom is 0.254 e. The van der Waals surface area contributed by atoms with Crippen LogP contribution in [0.25, 0.3) is 0 Å². The number of carbonyl (C=O) groups is 3. The lowest BCUT2D eigenvalue weighted by Gasteiger charge is -2.39. The molecule has 3 atom stereocenters. The van der Waals surface area contributed by atoms with Gasteiger partial charge in [0.05, 0.1) is 31.5 Å². The summed E-state index contributed by atoms with van der Waals surface area (Å²) in [6.45, 7) is 5.54. The van der Waals surface area contributed by atoms with E-state index in [-0.39, 0.29) is 49.5 Å². The molecule has 1 saturated carbocycles. The molecule has 10 heteroatoms. The maximum absolute atomic E-state index is 15.1. The molecule has 1 saturated heterocycles. The molecular weight excluding hydrogens is 610 g/mol. The van der Waals surface area contributed by atoms with Gasteiger partial charge in [0.15, 0.2) is 11.5 Å². The molecule has 7 rings (SSSR count). The Labute approximate surface area is 281 Å². The Bertz CT molecular complexity index is 1660.